The highest BCUT2D eigenvalue weighted by Crippen LogP contribution is 2.31. The molecule has 1 heterocycles. The highest BCUT2D eigenvalue weighted by atomic mass is 32.2. The van der Waals surface area contributed by atoms with Crippen LogP contribution in [0.1, 0.15) is 46.5 Å². The fourth-order valence-corrected chi connectivity index (χ4v) is 6.18. The molecule has 0 N–H and O–H groups in total. The van der Waals surface area contributed by atoms with Gasteiger partial charge in [-0.1, -0.05) is 122 Å². The largest absolute Gasteiger partial charge is 0.504 e. The minimum atomic E-state index is -0.853. The lowest BCUT2D eigenvalue weighted by Crippen LogP contribution is -2.44. The van der Waals surface area contributed by atoms with Crippen molar-refractivity contribution in [2.75, 3.05) is 19.4 Å². The minimum absolute atomic E-state index is 0.101. The number of ether oxygens (including phenoxy) is 3. The molecular weight excluding hydrogens is 598 g/mol. The SMILES string of the molecule is COC=Cc1ccc(OC2C[C@@H](C(=O)OC(c3ccccc3)c3ccccc3)N(C(=O)[C@H](C)CSC(=O)c3ccccc3)C2)cc1. The van der Waals surface area contributed by atoms with Crippen molar-refractivity contribution >= 4 is 34.8 Å². The van der Waals surface area contributed by atoms with Crippen molar-refractivity contribution in [3.8, 4) is 5.75 Å². The monoisotopic (exact) mass is 635 g/mol. The lowest BCUT2D eigenvalue weighted by molar-refractivity contribution is -0.157. The van der Waals surface area contributed by atoms with Gasteiger partial charge in [0.2, 0.25) is 11.0 Å². The molecule has 4 aromatic rings. The van der Waals surface area contributed by atoms with Crippen molar-refractivity contribution in [1.29, 1.82) is 0 Å². The standard InChI is InChI=1S/C38H37NO6S/c1-27(26-46-38(42)31-16-10-5-11-17-31)36(40)39-25-33(44-32-20-18-28(19-21-32)22-23-43-2)24-34(39)37(41)45-35(29-12-6-3-7-13-29)30-14-8-4-9-15-30/h3-23,27,33-35H,24-26H2,1-2H3/t27-,33?,34+/m1/s1. The number of likely N-dealkylation sites (tertiary alicyclic amines) is 1. The molecule has 1 aliphatic heterocycles. The average molecular weight is 636 g/mol. The van der Waals surface area contributed by atoms with Crippen molar-refractivity contribution in [1.82, 2.24) is 4.90 Å². The molecule has 0 bridgehead atoms. The molecule has 7 nitrogen and oxygen atoms in total. The molecule has 236 valence electrons. The molecule has 0 radical (unpaired) electrons. The summed E-state index contributed by atoms with van der Waals surface area (Å²) >= 11 is 1.10. The number of rotatable bonds is 12. The molecular formula is C38H37NO6S. The van der Waals surface area contributed by atoms with E-state index in [0.717, 1.165) is 28.5 Å². The van der Waals surface area contributed by atoms with Gasteiger partial charge in [0.25, 0.3) is 0 Å². The van der Waals surface area contributed by atoms with Crippen LogP contribution in [0.15, 0.2) is 122 Å². The van der Waals surface area contributed by atoms with Crippen molar-refractivity contribution in [2.45, 2.75) is 31.6 Å². The summed E-state index contributed by atoms with van der Waals surface area (Å²) in [6.07, 6.45) is 2.63. The first-order valence-electron chi connectivity index (χ1n) is 15.2. The summed E-state index contributed by atoms with van der Waals surface area (Å²) in [7, 11) is 1.59. The Hall–Kier alpha value is -4.82. The molecule has 4 aromatic carbocycles. The van der Waals surface area contributed by atoms with Crippen LogP contribution in [0.5, 0.6) is 5.75 Å². The average Bonchev–Trinajstić information content (AvgIpc) is 3.53. The summed E-state index contributed by atoms with van der Waals surface area (Å²) in [5.74, 6) is -0.333. The van der Waals surface area contributed by atoms with Gasteiger partial charge in [0, 0.05) is 23.7 Å². The van der Waals surface area contributed by atoms with Gasteiger partial charge in [-0.15, -0.1) is 0 Å². The molecule has 0 aromatic heterocycles. The van der Waals surface area contributed by atoms with Crippen LogP contribution in [0.3, 0.4) is 0 Å². The molecule has 0 spiro atoms. The number of hydrogen-bond acceptors (Lipinski definition) is 7. The summed E-state index contributed by atoms with van der Waals surface area (Å²) < 4.78 is 17.5. The minimum Gasteiger partial charge on any atom is -0.504 e. The molecule has 0 aliphatic carbocycles. The molecule has 1 unspecified atom stereocenters. The number of hydrogen-bond donors (Lipinski definition) is 0. The first-order valence-corrected chi connectivity index (χ1v) is 16.2. The molecule has 1 amide bonds. The van der Waals surface area contributed by atoms with E-state index in [0.29, 0.717) is 11.3 Å². The highest BCUT2D eigenvalue weighted by molar-refractivity contribution is 8.14. The van der Waals surface area contributed by atoms with Gasteiger partial charge < -0.3 is 19.1 Å². The molecule has 46 heavy (non-hydrogen) atoms. The third-order valence-electron chi connectivity index (χ3n) is 7.73. The molecule has 8 heteroatoms. The normalized spacial score (nSPS) is 16.7. The quantitative estimate of drug-likeness (QED) is 0.120. The van der Waals surface area contributed by atoms with E-state index in [1.54, 1.807) is 37.3 Å². The fraction of sp³-hybridized carbons (Fsp3) is 0.237. The highest BCUT2D eigenvalue weighted by Gasteiger charge is 2.43. The molecule has 0 saturated carbocycles. The van der Waals surface area contributed by atoms with E-state index in [4.69, 9.17) is 14.2 Å². The molecule has 1 fully saturated rings. The second kappa shape index (κ2) is 16.0. The van der Waals surface area contributed by atoms with Crippen LogP contribution in [0.25, 0.3) is 6.08 Å². The molecule has 1 saturated heterocycles. The number of methoxy groups -OCH3 is 1. The van der Waals surface area contributed by atoms with E-state index >= 15 is 0 Å². The van der Waals surface area contributed by atoms with Gasteiger partial charge in [0.15, 0.2) is 6.10 Å². The van der Waals surface area contributed by atoms with E-state index in [9.17, 15) is 14.4 Å². The predicted molar refractivity (Wildman–Crippen MR) is 180 cm³/mol. The maximum atomic E-state index is 14.0. The zero-order valence-electron chi connectivity index (χ0n) is 25.9. The van der Waals surface area contributed by atoms with E-state index in [2.05, 4.69) is 0 Å². The Morgan fingerprint density at radius 2 is 1.43 bits per heavy atom. The number of thioether (sulfide) groups is 1. The second-order valence-electron chi connectivity index (χ2n) is 11.1. The van der Waals surface area contributed by atoms with Crippen molar-refractivity contribution in [2.24, 2.45) is 5.92 Å². The smallest absolute Gasteiger partial charge is 0.329 e. The van der Waals surface area contributed by atoms with E-state index in [1.165, 1.54) is 0 Å². The van der Waals surface area contributed by atoms with Gasteiger partial charge in [-0.25, -0.2) is 4.79 Å². The van der Waals surface area contributed by atoms with Crippen LogP contribution in [0.2, 0.25) is 0 Å². The molecule has 1 aliphatic rings. The Balaban J connectivity index is 1.34. The lowest BCUT2D eigenvalue weighted by atomic mass is 10.0. The summed E-state index contributed by atoms with van der Waals surface area (Å²) in [5, 5.41) is -0.101. The van der Waals surface area contributed by atoms with E-state index in [1.807, 2.05) is 109 Å². The topological polar surface area (TPSA) is 82.1 Å². The van der Waals surface area contributed by atoms with Crippen molar-refractivity contribution in [3.63, 3.8) is 0 Å². The summed E-state index contributed by atoms with van der Waals surface area (Å²) in [6.45, 7) is 2.00. The maximum absolute atomic E-state index is 14.0. The third kappa shape index (κ3) is 8.46. The molecule has 3 atom stereocenters. The number of esters is 1. The van der Waals surface area contributed by atoms with Crippen LogP contribution < -0.4 is 4.74 Å². The Labute approximate surface area is 274 Å². The predicted octanol–water partition coefficient (Wildman–Crippen LogP) is 7.19. The summed E-state index contributed by atoms with van der Waals surface area (Å²) in [6, 6.07) is 34.8. The van der Waals surface area contributed by atoms with Crippen LogP contribution >= 0.6 is 11.8 Å². The molecule has 5 rings (SSSR count). The van der Waals surface area contributed by atoms with Crippen LogP contribution in [0, 0.1) is 5.92 Å². The number of benzene rings is 4. The Morgan fingerprint density at radius 1 is 0.848 bits per heavy atom. The van der Waals surface area contributed by atoms with Gasteiger partial charge in [0.05, 0.1) is 19.9 Å². The number of carbonyl (C=O) groups is 3. The first-order chi connectivity index (χ1) is 22.4. The zero-order valence-corrected chi connectivity index (χ0v) is 26.7. The summed E-state index contributed by atoms with van der Waals surface area (Å²) in [5.41, 5.74) is 3.19. The van der Waals surface area contributed by atoms with Crippen molar-refractivity contribution < 1.29 is 28.6 Å². The Bertz CT molecular complexity index is 1570. The fourth-order valence-electron chi connectivity index (χ4n) is 5.34. The van der Waals surface area contributed by atoms with Crippen LogP contribution in [-0.2, 0) is 19.1 Å². The number of nitrogens with zero attached hydrogens (tertiary/aromatic N) is 1. The second-order valence-corrected chi connectivity index (χ2v) is 12.1. The van der Waals surface area contributed by atoms with Gasteiger partial charge in [-0.05, 0) is 34.9 Å². The van der Waals surface area contributed by atoms with Gasteiger partial charge in [-0.3, -0.25) is 9.59 Å². The van der Waals surface area contributed by atoms with Crippen LogP contribution in [-0.4, -0.2) is 53.4 Å². The first kappa shape index (κ1) is 32.6. The van der Waals surface area contributed by atoms with Crippen molar-refractivity contribution in [3.05, 3.63) is 144 Å². The van der Waals surface area contributed by atoms with Gasteiger partial charge in [0.1, 0.15) is 17.9 Å². The number of carbonyl (C=O) groups excluding carboxylic acids is 3. The van der Waals surface area contributed by atoms with Gasteiger partial charge >= 0.3 is 5.97 Å². The van der Waals surface area contributed by atoms with Crippen LogP contribution in [0.4, 0.5) is 0 Å². The third-order valence-corrected chi connectivity index (χ3v) is 8.90. The lowest BCUT2D eigenvalue weighted by Gasteiger charge is -2.28. The van der Waals surface area contributed by atoms with Gasteiger partial charge in [-0.2, -0.15) is 0 Å². The Kier molecular flexibility index (Phi) is 11.3. The number of amides is 1. The maximum Gasteiger partial charge on any atom is 0.329 e. The van der Waals surface area contributed by atoms with E-state index in [-0.39, 0.29) is 29.7 Å². The summed E-state index contributed by atoms with van der Waals surface area (Å²) in [4.78, 5) is 42.2. The van der Waals surface area contributed by atoms with E-state index < -0.39 is 30.1 Å². The Morgan fingerprint density at radius 3 is 2.02 bits per heavy atom. The zero-order chi connectivity index (χ0) is 32.3.